The molecule has 96 valence electrons. The molecule has 0 spiro atoms. The Bertz CT molecular complexity index is 690. The van der Waals surface area contributed by atoms with Gasteiger partial charge in [-0.15, -0.1) is 21.8 Å². The maximum Gasteiger partial charge on any atom is 0.148 e. The maximum atomic E-state index is 5.70. The van der Waals surface area contributed by atoms with Crippen molar-refractivity contribution in [2.45, 2.75) is 12.8 Å². The number of benzene rings is 1. The van der Waals surface area contributed by atoms with E-state index in [0.717, 1.165) is 39.3 Å². The highest BCUT2D eigenvalue weighted by Gasteiger charge is 2.09. The van der Waals surface area contributed by atoms with Crippen LogP contribution in [0, 0.1) is 0 Å². The van der Waals surface area contributed by atoms with Crippen LogP contribution in [0.5, 0.6) is 0 Å². The Kier molecular flexibility index (Phi) is 3.71. The summed E-state index contributed by atoms with van der Waals surface area (Å²) in [7, 11) is 0. The smallest absolute Gasteiger partial charge is 0.148 e. The van der Waals surface area contributed by atoms with Gasteiger partial charge in [-0.3, -0.25) is 4.98 Å². The molecule has 0 bridgehead atoms. The normalized spacial score (nSPS) is 11.0. The number of hydrogen-bond donors (Lipinski definition) is 0. The van der Waals surface area contributed by atoms with Gasteiger partial charge in [0.05, 0.1) is 5.52 Å². The van der Waals surface area contributed by atoms with E-state index in [-0.39, 0.29) is 0 Å². The fraction of sp³-hybridized carbons (Fsp3) is 0.214. The highest BCUT2D eigenvalue weighted by Crippen LogP contribution is 2.29. The minimum Gasteiger partial charge on any atom is -0.256 e. The van der Waals surface area contributed by atoms with Crippen LogP contribution in [0.1, 0.15) is 11.4 Å². The lowest BCUT2D eigenvalue weighted by Crippen LogP contribution is -1.84. The minimum absolute atomic E-state index is 0.660. The molecule has 5 heteroatoms. The number of fused-ring (bicyclic) bond motifs is 1. The van der Waals surface area contributed by atoms with Crippen LogP contribution in [0.4, 0.5) is 0 Å². The summed E-state index contributed by atoms with van der Waals surface area (Å²) in [6.45, 7) is 0. The van der Waals surface area contributed by atoms with Crippen LogP contribution in [0.15, 0.2) is 36.5 Å². The van der Waals surface area contributed by atoms with Gasteiger partial charge in [0.2, 0.25) is 0 Å². The Hall–Kier alpha value is -1.52. The van der Waals surface area contributed by atoms with Crippen LogP contribution in [0.2, 0.25) is 0 Å². The highest BCUT2D eigenvalue weighted by molar-refractivity contribution is 7.14. The zero-order valence-electron chi connectivity index (χ0n) is 10.2. The average Bonchev–Trinajstić information content (AvgIpc) is 2.93. The first kappa shape index (κ1) is 12.5. The summed E-state index contributed by atoms with van der Waals surface area (Å²) >= 11 is 7.33. The first-order valence-electron chi connectivity index (χ1n) is 6.11. The summed E-state index contributed by atoms with van der Waals surface area (Å²) in [5.74, 6) is 0.660. The molecular formula is C14H12ClN3S. The third-order valence-corrected chi connectivity index (χ3v) is 4.15. The molecule has 0 aliphatic carbocycles. The van der Waals surface area contributed by atoms with Crippen molar-refractivity contribution in [1.82, 2.24) is 15.2 Å². The van der Waals surface area contributed by atoms with Crippen LogP contribution >= 0.6 is 22.9 Å². The van der Waals surface area contributed by atoms with Crippen molar-refractivity contribution in [1.29, 1.82) is 0 Å². The van der Waals surface area contributed by atoms with Crippen LogP contribution in [0.25, 0.3) is 21.5 Å². The number of aryl methyl sites for hydroxylation is 1. The topological polar surface area (TPSA) is 38.7 Å². The van der Waals surface area contributed by atoms with E-state index >= 15 is 0 Å². The summed E-state index contributed by atoms with van der Waals surface area (Å²) in [6, 6.07) is 10.1. The molecule has 3 rings (SSSR count). The lowest BCUT2D eigenvalue weighted by molar-refractivity contribution is 0.884. The van der Waals surface area contributed by atoms with Crippen molar-refractivity contribution in [3.63, 3.8) is 0 Å². The van der Waals surface area contributed by atoms with E-state index in [1.165, 1.54) is 0 Å². The molecule has 3 nitrogen and oxygen atoms in total. The molecule has 0 N–H and O–H groups in total. The second kappa shape index (κ2) is 5.63. The van der Waals surface area contributed by atoms with Crippen LogP contribution in [-0.4, -0.2) is 21.1 Å². The predicted octanol–water partition coefficient (Wildman–Crippen LogP) is 3.92. The second-order valence-electron chi connectivity index (χ2n) is 4.17. The molecule has 3 aromatic rings. The fourth-order valence-corrected chi connectivity index (χ4v) is 3.02. The third-order valence-electron chi connectivity index (χ3n) is 2.87. The van der Waals surface area contributed by atoms with E-state index < -0.39 is 0 Å². The summed E-state index contributed by atoms with van der Waals surface area (Å²) in [6.07, 6.45) is 3.65. The summed E-state index contributed by atoms with van der Waals surface area (Å²) in [5.41, 5.74) is 2.08. The van der Waals surface area contributed by atoms with E-state index in [4.69, 9.17) is 11.6 Å². The number of nitrogens with zero attached hydrogens (tertiary/aromatic N) is 3. The van der Waals surface area contributed by atoms with E-state index in [1.54, 1.807) is 11.3 Å². The van der Waals surface area contributed by atoms with Gasteiger partial charge in [0.15, 0.2) is 0 Å². The number of alkyl halides is 1. The molecule has 0 atom stereocenters. The summed E-state index contributed by atoms with van der Waals surface area (Å²) in [4.78, 5) is 4.36. The predicted molar refractivity (Wildman–Crippen MR) is 79.7 cm³/mol. The molecule has 0 radical (unpaired) electrons. The molecular weight excluding hydrogens is 278 g/mol. The van der Waals surface area contributed by atoms with Gasteiger partial charge in [-0.2, -0.15) is 0 Å². The Morgan fingerprint density at radius 3 is 2.89 bits per heavy atom. The lowest BCUT2D eigenvalue weighted by atomic mass is 10.1. The molecule has 1 aromatic carbocycles. The van der Waals surface area contributed by atoms with Crippen molar-refractivity contribution >= 4 is 33.8 Å². The second-order valence-corrected chi connectivity index (χ2v) is 5.61. The average molecular weight is 290 g/mol. The number of hydrogen-bond acceptors (Lipinski definition) is 4. The number of aromatic nitrogens is 3. The minimum atomic E-state index is 0.660. The van der Waals surface area contributed by atoms with Gasteiger partial charge in [0.1, 0.15) is 10.0 Å². The number of pyridine rings is 1. The quantitative estimate of drug-likeness (QED) is 0.683. The standard InChI is InChI=1S/C14H12ClN3S/c15-8-3-6-13-17-18-14(19-13)11-7-9-16-12-5-2-1-4-10(11)12/h1-2,4-5,7,9H,3,6,8H2. The van der Waals surface area contributed by atoms with E-state index in [9.17, 15) is 0 Å². The molecule has 0 aliphatic heterocycles. The van der Waals surface area contributed by atoms with Crippen molar-refractivity contribution in [2.75, 3.05) is 5.88 Å². The van der Waals surface area contributed by atoms with Gasteiger partial charge in [-0.1, -0.05) is 29.5 Å². The highest BCUT2D eigenvalue weighted by atomic mass is 35.5. The SMILES string of the molecule is ClCCCc1nnc(-c2ccnc3ccccc23)s1. The maximum absolute atomic E-state index is 5.70. The number of para-hydroxylation sites is 1. The van der Waals surface area contributed by atoms with Crippen molar-refractivity contribution < 1.29 is 0 Å². The fourth-order valence-electron chi connectivity index (χ4n) is 1.96. The number of halogens is 1. The van der Waals surface area contributed by atoms with Gasteiger partial charge < -0.3 is 0 Å². The van der Waals surface area contributed by atoms with E-state index in [2.05, 4.69) is 21.2 Å². The van der Waals surface area contributed by atoms with Crippen molar-refractivity contribution in [2.24, 2.45) is 0 Å². The van der Waals surface area contributed by atoms with Crippen molar-refractivity contribution in [3.8, 4) is 10.6 Å². The third kappa shape index (κ3) is 2.60. The Morgan fingerprint density at radius 2 is 2.00 bits per heavy atom. The van der Waals surface area contributed by atoms with Crippen molar-refractivity contribution in [3.05, 3.63) is 41.5 Å². The Balaban J connectivity index is 2.02. The Morgan fingerprint density at radius 1 is 1.11 bits per heavy atom. The summed E-state index contributed by atoms with van der Waals surface area (Å²) in [5, 5.41) is 11.6. The molecule has 2 aromatic heterocycles. The molecule has 0 saturated heterocycles. The van der Waals surface area contributed by atoms with Gasteiger partial charge in [0, 0.05) is 29.4 Å². The lowest BCUT2D eigenvalue weighted by Gasteiger charge is -2.01. The molecule has 2 heterocycles. The molecule has 0 saturated carbocycles. The Labute approximate surface area is 120 Å². The van der Waals surface area contributed by atoms with Crippen LogP contribution in [0.3, 0.4) is 0 Å². The monoisotopic (exact) mass is 289 g/mol. The largest absolute Gasteiger partial charge is 0.256 e. The van der Waals surface area contributed by atoms with Crippen LogP contribution < -0.4 is 0 Å². The first-order chi connectivity index (χ1) is 9.38. The molecule has 19 heavy (non-hydrogen) atoms. The molecule has 0 aliphatic rings. The van der Waals surface area contributed by atoms with Crippen LogP contribution in [-0.2, 0) is 6.42 Å². The van der Waals surface area contributed by atoms with Gasteiger partial charge >= 0.3 is 0 Å². The first-order valence-corrected chi connectivity index (χ1v) is 7.46. The van der Waals surface area contributed by atoms with E-state index in [1.807, 2.05) is 30.5 Å². The molecule has 0 unspecified atom stereocenters. The molecule has 0 amide bonds. The molecule has 0 fully saturated rings. The number of rotatable bonds is 4. The summed E-state index contributed by atoms with van der Waals surface area (Å²) < 4.78 is 0. The van der Waals surface area contributed by atoms with E-state index in [0.29, 0.717) is 5.88 Å². The zero-order valence-corrected chi connectivity index (χ0v) is 11.8. The van der Waals surface area contributed by atoms with Gasteiger partial charge in [0.25, 0.3) is 0 Å². The van der Waals surface area contributed by atoms with Gasteiger partial charge in [-0.25, -0.2) is 0 Å². The zero-order chi connectivity index (χ0) is 13.1. The van der Waals surface area contributed by atoms with Gasteiger partial charge in [-0.05, 0) is 18.6 Å².